The molecule has 0 atom stereocenters. The number of nitrogens with zero attached hydrogens (tertiary/aromatic N) is 1. The Morgan fingerprint density at radius 2 is 1.17 bits per heavy atom. The molecule has 1 aromatic heterocycles. The van der Waals surface area contributed by atoms with Gasteiger partial charge in [0.25, 0.3) is 0 Å². The molecule has 0 spiro atoms. The number of hydrogen-bond acceptors (Lipinski definition) is 2. The lowest BCUT2D eigenvalue weighted by Gasteiger charge is -2.17. The average molecular weight is 466 g/mol. The van der Waals surface area contributed by atoms with E-state index < -0.39 is 0 Å². The molecule has 172 valence electrons. The van der Waals surface area contributed by atoms with Crippen LogP contribution in [0.5, 0.6) is 0 Å². The molecule has 2 heterocycles. The first-order valence-electron chi connectivity index (χ1n) is 12.3. The number of carbonyl (C=O) groups is 1. The molecule has 0 saturated heterocycles. The molecule has 7 rings (SSSR count). The van der Waals surface area contributed by atoms with E-state index in [9.17, 15) is 4.79 Å². The SMILES string of the molecule is O=C1OCCc2ccc(-n3c4ccc(-c5ccccc5)cc4c4cc(-c5ccccc5)ccc43)cc21. The number of carbonyl (C=O) groups excluding carboxylic acids is 1. The second-order valence-electron chi connectivity index (χ2n) is 9.26. The van der Waals surface area contributed by atoms with Gasteiger partial charge < -0.3 is 9.30 Å². The quantitative estimate of drug-likeness (QED) is 0.249. The lowest BCUT2D eigenvalue weighted by atomic mass is 10.0. The van der Waals surface area contributed by atoms with Crippen LogP contribution in [0.25, 0.3) is 49.7 Å². The van der Waals surface area contributed by atoms with Crippen LogP contribution >= 0.6 is 0 Å². The van der Waals surface area contributed by atoms with Gasteiger partial charge in [0.15, 0.2) is 0 Å². The number of cyclic esters (lactones) is 1. The minimum atomic E-state index is -0.239. The van der Waals surface area contributed by atoms with Gasteiger partial charge in [0, 0.05) is 22.9 Å². The van der Waals surface area contributed by atoms with E-state index in [1.807, 2.05) is 18.2 Å². The highest BCUT2D eigenvalue weighted by molar-refractivity contribution is 6.11. The summed E-state index contributed by atoms with van der Waals surface area (Å²) in [4.78, 5) is 12.5. The standard InChI is InChI=1S/C33H23NO2/c35-33-28-21-27(14-11-24(28)17-18-36-33)34-31-15-12-25(22-7-3-1-4-8-22)19-29(31)30-20-26(13-16-32(30)34)23-9-5-2-6-10-23/h1-16,19-21H,17-18H2. The summed E-state index contributed by atoms with van der Waals surface area (Å²) in [6.45, 7) is 0.449. The summed E-state index contributed by atoms with van der Waals surface area (Å²) in [6.07, 6.45) is 0.759. The maximum Gasteiger partial charge on any atom is 0.338 e. The largest absolute Gasteiger partial charge is 0.462 e. The smallest absolute Gasteiger partial charge is 0.338 e. The van der Waals surface area contributed by atoms with Gasteiger partial charge in [-0.15, -0.1) is 0 Å². The van der Waals surface area contributed by atoms with Crippen LogP contribution in [0, 0.1) is 0 Å². The van der Waals surface area contributed by atoms with Gasteiger partial charge in [0.2, 0.25) is 0 Å². The fourth-order valence-electron chi connectivity index (χ4n) is 5.36. The fourth-order valence-corrected chi connectivity index (χ4v) is 5.36. The van der Waals surface area contributed by atoms with Crippen molar-refractivity contribution >= 4 is 27.8 Å². The molecule has 36 heavy (non-hydrogen) atoms. The van der Waals surface area contributed by atoms with Crippen molar-refractivity contribution < 1.29 is 9.53 Å². The van der Waals surface area contributed by atoms with E-state index in [2.05, 4.69) is 102 Å². The van der Waals surface area contributed by atoms with Crippen LogP contribution in [0.3, 0.4) is 0 Å². The molecule has 5 aromatic carbocycles. The fraction of sp³-hybridized carbons (Fsp3) is 0.0606. The van der Waals surface area contributed by atoms with Gasteiger partial charge >= 0.3 is 5.97 Å². The van der Waals surface area contributed by atoms with Crippen molar-refractivity contribution in [2.45, 2.75) is 6.42 Å². The zero-order chi connectivity index (χ0) is 24.1. The maximum absolute atomic E-state index is 12.5. The third-order valence-corrected chi connectivity index (χ3v) is 7.16. The first-order chi connectivity index (χ1) is 17.8. The molecule has 1 aliphatic rings. The molecule has 0 bridgehead atoms. The average Bonchev–Trinajstić information content (AvgIpc) is 3.27. The molecule has 3 nitrogen and oxygen atoms in total. The molecule has 0 N–H and O–H groups in total. The van der Waals surface area contributed by atoms with E-state index >= 15 is 0 Å². The predicted molar refractivity (Wildman–Crippen MR) is 146 cm³/mol. The van der Waals surface area contributed by atoms with Crippen molar-refractivity contribution in [1.82, 2.24) is 4.57 Å². The van der Waals surface area contributed by atoms with E-state index in [-0.39, 0.29) is 5.97 Å². The lowest BCUT2D eigenvalue weighted by molar-refractivity contribution is 0.0480. The second-order valence-corrected chi connectivity index (χ2v) is 9.26. The Balaban J connectivity index is 1.51. The zero-order valence-electron chi connectivity index (χ0n) is 19.6. The van der Waals surface area contributed by atoms with Crippen LogP contribution < -0.4 is 0 Å². The van der Waals surface area contributed by atoms with Crippen molar-refractivity contribution in [2.75, 3.05) is 6.61 Å². The molecule has 0 aliphatic carbocycles. The minimum absolute atomic E-state index is 0.239. The van der Waals surface area contributed by atoms with Gasteiger partial charge in [-0.3, -0.25) is 0 Å². The van der Waals surface area contributed by atoms with E-state index in [0.29, 0.717) is 12.2 Å². The highest BCUT2D eigenvalue weighted by atomic mass is 16.5. The third-order valence-electron chi connectivity index (χ3n) is 7.16. The Morgan fingerprint density at radius 3 is 1.75 bits per heavy atom. The Hall–Kier alpha value is -4.63. The van der Waals surface area contributed by atoms with Crippen LogP contribution in [0.1, 0.15) is 15.9 Å². The summed E-state index contributed by atoms with van der Waals surface area (Å²) in [7, 11) is 0. The lowest BCUT2D eigenvalue weighted by Crippen LogP contribution is -2.17. The van der Waals surface area contributed by atoms with Crippen molar-refractivity contribution in [3.8, 4) is 27.9 Å². The van der Waals surface area contributed by atoms with Gasteiger partial charge in [-0.05, 0) is 64.2 Å². The summed E-state index contributed by atoms with van der Waals surface area (Å²) in [5.41, 5.74) is 9.64. The van der Waals surface area contributed by atoms with Crippen molar-refractivity contribution in [3.05, 3.63) is 126 Å². The first kappa shape index (κ1) is 20.7. The summed E-state index contributed by atoms with van der Waals surface area (Å²) in [5.74, 6) is -0.239. The number of rotatable bonds is 3. The van der Waals surface area contributed by atoms with Crippen LogP contribution in [0.2, 0.25) is 0 Å². The highest BCUT2D eigenvalue weighted by Gasteiger charge is 2.21. The number of esters is 1. The van der Waals surface area contributed by atoms with E-state index in [4.69, 9.17) is 4.74 Å². The summed E-state index contributed by atoms with van der Waals surface area (Å²) >= 11 is 0. The number of aromatic nitrogens is 1. The Morgan fingerprint density at radius 1 is 0.583 bits per heavy atom. The summed E-state index contributed by atoms with van der Waals surface area (Å²) in [5, 5.41) is 2.37. The number of fused-ring (bicyclic) bond motifs is 4. The van der Waals surface area contributed by atoms with Gasteiger partial charge in [0.1, 0.15) is 0 Å². The summed E-state index contributed by atoms with van der Waals surface area (Å²) < 4.78 is 7.59. The Labute approximate surface area is 209 Å². The topological polar surface area (TPSA) is 31.2 Å². The molecular weight excluding hydrogens is 442 g/mol. The highest BCUT2D eigenvalue weighted by Crippen LogP contribution is 2.37. The van der Waals surface area contributed by atoms with Crippen molar-refractivity contribution in [1.29, 1.82) is 0 Å². The number of ether oxygens (including phenoxy) is 1. The zero-order valence-corrected chi connectivity index (χ0v) is 19.6. The minimum Gasteiger partial charge on any atom is -0.462 e. The Kier molecular flexibility index (Phi) is 4.74. The molecule has 0 unspecified atom stereocenters. The number of hydrogen-bond donors (Lipinski definition) is 0. The molecule has 6 aromatic rings. The van der Waals surface area contributed by atoms with E-state index in [1.54, 1.807) is 0 Å². The van der Waals surface area contributed by atoms with Crippen LogP contribution in [0.15, 0.2) is 115 Å². The normalized spacial score (nSPS) is 13.1. The first-order valence-corrected chi connectivity index (χ1v) is 12.3. The van der Waals surface area contributed by atoms with Gasteiger partial charge in [-0.25, -0.2) is 4.79 Å². The van der Waals surface area contributed by atoms with E-state index in [1.165, 1.54) is 33.0 Å². The molecular formula is C33H23NO2. The second kappa shape index (κ2) is 8.24. The van der Waals surface area contributed by atoms with Crippen LogP contribution in [-0.2, 0) is 11.2 Å². The van der Waals surface area contributed by atoms with Gasteiger partial charge in [-0.1, -0.05) is 78.9 Å². The predicted octanol–water partition coefficient (Wildman–Crippen LogP) is 7.83. The van der Waals surface area contributed by atoms with E-state index in [0.717, 1.165) is 28.7 Å². The number of benzene rings is 5. The third kappa shape index (κ3) is 3.32. The van der Waals surface area contributed by atoms with Crippen LogP contribution in [0.4, 0.5) is 0 Å². The van der Waals surface area contributed by atoms with Gasteiger partial charge in [-0.2, -0.15) is 0 Å². The molecule has 1 aliphatic heterocycles. The molecule has 0 amide bonds. The molecule has 3 heteroatoms. The molecule has 0 fully saturated rings. The van der Waals surface area contributed by atoms with Crippen molar-refractivity contribution in [2.24, 2.45) is 0 Å². The maximum atomic E-state index is 12.5. The van der Waals surface area contributed by atoms with Crippen LogP contribution in [-0.4, -0.2) is 17.1 Å². The Bertz CT molecular complexity index is 1670. The molecule has 0 saturated carbocycles. The molecule has 0 radical (unpaired) electrons. The van der Waals surface area contributed by atoms with Gasteiger partial charge in [0.05, 0.1) is 23.2 Å². The van der Waals surface area contributed by atoms with Crippen molar-refractivity contribution in [3.63, 3.8) is 0 Å². The summed E-state index contributed by atoms with van der Waals surface area (Å²) in [6, 6.07) is 40.4. The monoisotopic (exact) mass is 465 g/mol.